The number of nitrogens with zero attached hydrogens (tertiary/aromatic N) is 5. The van der Waals surface area contributed by atoms with Gasteiger partial charge in [0.25, 0.3) is 5.56 Å². The Labute approximate surface area is 126 Å². The molecule has 0 radical (unpaired) electrons. The van der Waals surface area contributed by atoms with E-state index in [0.29, 0.717) is 5.95 Å². The van der Waals surface area contributed by atoms with Gasteiger partial charge < -0.3 is 15.0 Å². The van der Waals surface area contributed by atoms with Crippen LogP contribution in [0.4, 0.5) is 10.7 Å². The van der Waals surface area contributed by atoms with Crippen molar-refractivity contribution in [3.05, 3.63) is 16.7 Å². The number of anilines is 1. The number of piperazine rings is 1. The number of fused-ring (bicyclic) bond motifs is 1. The summed E-state index contributed by atoms with van der Waals surface area (Å²) in [4.78, 5) is 35.0. The van der Waals surface area contributed by atoms with Crippen LogP contribution in [0.1, 0.15) is 6.92 Å². The SMILES string of the molecule is CCOC(=O)n1cnc2nc(N3CCNCC3)n(C)c(=O)c21. The topological polar surface area (TPSA) is 94.3 Å². The van der Waals surface area contributed by atoms with Crippen LogP contribution in [0, 0.1) is 0 Å². The minimum atomic E-state index is -0.626. The largest absolute Gasteiger partial charge is 0.449 e. The van der Waals surface area contributed by atoms with Gasteiger partial charge in [0.05, 0.1) is 6.61 Å². The zero-order chi connectivity index (χ0) is 15.7. The molecule has 0 aliphatic carbocycles. The zero-order valence-corrected chi connectivity index (χ0v) is 12.6. The van der Waals surface area contributed by atoms with E-state index >= 15 is 0 Å². The minimum absolute atomic E-state index is 0.139. The normalized spacial score (nSPS) is 15.3. The van der Waals surface area contributed by atoms with Crippen LogP contribution < -0.4 is 15.8 Å². The summed E-state index contributed by atoms with van der Waals surface area (Å²) in [6.07, 6.45) is 0.650. The predicted octanol–water partition coefficient (Wildman–Crippen LogP) is -0.456. The number of carbonyl (C=O) groups is 1. The van der Waals surface area contributed by atoms with Crippen LogP contribution >= 0.6 is 0 Å². The molecule has 2 aromatic rings. The molecule has 1 aliphatic rings. The number of carbonyl (C=O) groups excluding carboxylic acids is 1. The zero-order valence-electron chi connectivity index (χ0n) is 12.6. The highest BCUT2D eigenvalue weighted by atomic mass is 16.5. The number of imidazole rings is 1. The summed E-state index contributed by atoms with van der Waals surface area (Å²) < 4.78 is 7.48. The Morgan fingerprint density at radius 1 is 1.41 bits per heavy atom. The van der Waals surface area contributed by atoms with Gasteiger partial charge in [-0.15, -0.1) is 0 Å². The highest BCUT2D eigenvalue weighted by Gasteiger charge is 2.21. The number of aromatic nitrogens is 4. The van der Waals surface area contributed by atoms with Crippen molar-refractivity contribution in [1.82, 2.24) is 24.4 Å². The van der Waals surface area contributed by atoms with Crippen LogP contribution in [-0.4, -0.2) is 58.0 Å². The lowest BCUT2D eigenvalue weighted by Gasteiger charge is -2.29. The van der Waals surface area contributed by atoms with E-state index in [-0.39, 0.29) is 23.3 Å². The fourth-order valence-corrected chi connectivity index (χ4v) is 2.52. The maximum atomic E-state index is 12.6. The van der Waals surface area contributed by atoms with Crippen LogP contribution in [0.5, 0.6) is 0 Å². The highest BCUT2D eigenvalue weighted by Crippen LogP contribution is 2.14. The second kappa shape index (κ2) is 5.76. The van der Waals surface area contributed by atoms with Gasteiger partial charge in [0.1, 0.15) is 6.33 Å². The van der Waals surface area contributed by atoms with Crippen LogP contribution in [-0.2, 0) is 11.8 Å². The van der Waals surface area contributed by atoms with Gasteiger partial charge in [-0.05, 0) is 6.92 Å². The third-order valence-electron chi connectivity index (χ3n) is 3.63. The lowest BCUT2D eigenvalue weighted by atomic mass is 10.4. The van der Waals surface area contributed by atoms with E-state index in [4.69, 9.17) is 4.74 Å². The molecule has 118 valence electrons. The van der Waals surface area contributed by atoms with Gasteiger partial charge in [0.15, 0.2) is 11.2 Å². The quantitative estimate of drug-likeness (QED) is 0.802. The molecule has 0 amide bonds. The summed E-state index contributed by atoms with van der Waals surface area (Å²) in [5, 5.41) is 3.25. The number of hydrogen-bond donors (Lipinski definition) is 1. The summed E-state index contributed by atoms with van der Waals surface area (Å²) in [5.41, 5.74) is 0.0774. The maximum Gasteiger partial charge on any atom is 0.419 e. The maximum absolute atomic E-state index is 12.6. The second-order valence-electron chi connectivity index (χ2n) is 5.00. The molecule has 0 bridgehead atoms. The molecule has 1 saturated heterocycles. The molecule has 9 heteroatoms. The van der Waals surface area contributed by atoms with Gasteiger partial charge >= 0.3 is 6.09 Å². The first-order valence-corrected chi connectivity index (χ1v) is 7.20. The van der Waals surface area contributed by atoms with E-state index < -0.39 is 6.09 Å². The lowest BCUT2D eigenvalue weighted by molar-refractivity contribution is 0.155. The van der Waals surface area contributed by atoms with E-state index in [0.717, 1.165) is 30.7 Å². The Balaban J connectivity index is 2.10. The molecule has 9 nitrogen and oxygen atoms in total. The Bertz CT molecular complexity index is 759. The van der Waals surface area contributed by atoms with Gasteiger partial charge in [0, 0.05) is 33.2 Å². The Morgan fingerprint density at radius 3 is 2.82 bits per heavy atom. The summed E-state index contributed by atoms with van der Waals surface area (Å²) in [6, 6.07) is 0. The fourth-order valence-electron chi connectivity index (χ4n) is 2.52. The Hall–Kier alpha value is -2.42. The van der Waals surface area contributed by atoms with E-state index in [9.17, 15) is 9.59 Å². The Kier molecular flexibility index (Phi) is 3.80. The summed E-state index contributed by atoms with van der Waals surface area (Å²) in [7, 11) is 1.65. The van der Waals surface area contributed by atoms with Crippen LogP contribution in [0.25, 0.3) is 11.2 Å². The fraction of sp³-hybridized carbons (Fsp3) is 0.538. The second-order valence-corrected chi connectivity index (χ2v) is 5.00. The first kappa shape index (κ1) is 14.5. The Morgan fingerprint density at radius 2 is 2.14 bits per heavy atom. The van der Waals surface area contributed by atoms with E-state index in [1.165, 1.54) is 10.9 Å². The molecular formula is C13H18N6O3. The van der Waals surface area contributed by atoms with Crippen molar-refractivity contribution >= 4 is 23.2 Å². The van der Waals surface area contributed by atoms with Gasteiger partial charge in [0.2, 0.25) is 5.95 Å². The smallest absolute Gasteiger partial charge is 0.419 e. The van der Waals surface area contributed by atoms with Gasteiger partial charge in [-0.25, -0.2) is 14.3 Å². The third-order valence-corrected chi connectivity index (χ3v) is 3.63. The molecule has 22 heavy (non-hydrogen) atoms. The lowest BCUT2D eigenvalue weighted by Crippen LogP contribution is -2.46. The summed E-state index contributed by atoms with van der Waals surface area (Å²) in [6.45, 7) is 5.14. The van der Waals surface area contributed by atoms with Gasteiger partial charge in [-0.1, -0.05) is 0 Å². The van der Waals surface area contributed by atoms with Gasteiger partial charge in [-0.3, -0.25) is 9.36 Å². The molecule has 1 aliphatic heterocycles. The van der Waals surface area contributed by atoms with Crippen molar-refractivity contribution in [3.8, 4) is 0 Å². The van der Waals surface area contributed by atoms with Crippen molar-refractivity contribution in [2.75, 3.05) is 37.7 Å². The molecular weight excluding hydrogens is 288 g/mol. The van der Waals surface area contributed by atoms with Crippen molar-refractivity contribution in [1.29, 1.82) is 0 Å². The van der Waals surface area contributed by atoms with Crippen molar-refractivity contribution in [2.24, 2.45) is 7.05 Å². The molecule has 0 atom stereocenters. The first-order valence-electron chi connectivity index (χ1n) is 7.20. The molecule has 3 heterocycles. The number of nitrogens with one attached hydrogen (secondary N) is 1. The summed E-state index contributed by atoms with van der Waals surface area (Å²) in [5.74, 6) is 0.563. The summed E-state index contributed by atoms with van der Waals surface area (Å²) >= 11 is 0. The average Bonchev–Trinajstić information content (AvgIpc) is 2.96. The van der Waals surface area contributed by atoms with Crippen molar-refractivity contribution in [3.63, 3.8) is 0 Å². The third kappa shape index (κ3) is 2.33. The van der Waals surface area contributed by atoms with Crippen LogP contribution in [0.15, 0.2) is 11.1 Å². The average molecular weight is 306 g/mol. The number of hydrogen-bond acceptors (Lipinski definition) is 7. The standard InChI is InChI=1S/C13H18N6O3/c1-3-22-13(21)19-8-15-10-9(19)11(20)17(2)12(16-10)18-6-4-14-5-7-18/h8,14H,3-7H2,1-2H3. The molecule has 1 N–H and O–H groups in total. The van der Waals surface area contributed by atoms with Crippen LogP contribution in [0.2, 0.25) is 0 Å². The van der Waals surface area contributed by atoms with E-state index in [2.05, 4.69) is 15.3 Å². The van der Waals surface area contributed by atoms with Crippen molar-refractivity contribution in [2.45, 2.75) is 6.92 Å². The molecule has 1 fully saturated rings. The first-order chi connectivity index (χ1) is 10.6. The molecule has 0 saturated carbocycles. The predicted molar refractivity (Wildman–Crippen MR) is 80.3 cm³/mol. The molecule has 0 spiro atoms. The van der Waals surface area contributed by atoms with E-state index in [1.54, 1.807) is 14.0 Å². The molecule has 0 aromatic carbocycles. The van der Waals surface area contributed by atoms with E-state index in [1.807, 2.05) is 4.90 Å². The molecule has 2 aromatic heterocycles. The number of ether oxygens (including phenoxy) is 1. The van der Waals surface area contributed by atoms with Crippen molar-refractivity contribution < 1.29 is 9.53 Å². The molecule has 3 rings (SSSR count). The van der Waals surface area contributed by atoms with Crippen LogP contribution in [0.3, 0.4) is 0 Å². The monoisotopic (exact) mass is 306 g/mol. The highest BCUT2D eigenvalue weighted by molar-refractivity contribution is 5.84. The number of rotatable bonds is 2. The molecule has 0 unspecified atom stereocenters. The van der Waals surface area contributed by atoms with Gasteiger partial charge in [-0.2, -0.15) is 4.98 Å². The minimum Gasteiger partial charge on any atom is -0.449 e.